The lowest BCUT2D eigenvalue weighted by atomic mass is 10.2. The number of nitrogens with zero attached hydrogens (tertiary/aromatic N) is 9. The van der Waals surface area contributed by atoms with Crippen LogP contribution in [-0.2, 0) is 43.4 Å². The molecule has 18 heteroatoms. The fourth-order valence-corrected chi connectivity index (χ4v) is 4.55. The quantitative estimate of drug-likeness (QED) is 0.185. The van der Waals surface area contributed by atoms with E-state index < -0.39 is 72.1 Å². The molecule has 0 radical (unpaired) electrons. The number of hydrogen-bond donors (Lipinski definition) is 0. The number of halogens is 4. The fourth-order valence-electron chi connectivity index (χ4n) is 4.35. The molecule has 0 aliphatic carbocycles. The molecule has 2 aromatic carbocycles. The van der Waals surface area contributed by atoms with Crippen molar-refractivity contribution in [2.45, 2.75) is 39.8 Å². The standard InChI is InChI=1S/C27H25ClF3N9O5/c1-14(2)45-27(43)44-13-40-24(33-22-6-16-9-36(3)34-21(16)7-17(22)28)38(10-15-5-19(30)20(31)8-18(15)29)25(41)39(26(40)42)11-23-32-12-37(4)35-23/h5-9,12,14H,10-11,13H2,1-4H3/b33-24+. The Balaban J connectivity index is 1.81. The molecule has 3 aromatic heterocycles. The predicted octanol–water partition coefficient (Wildman–Crippen LogP) is 2.75. The monoisotopic (exact) mass is 647 g/mol. The normalized spacial score (nSPS) is 12.0. The summed E-state index contributed by atoms with van der Waals surface area (Å²) in [4.78, 5) is 48.6. The Kier molecular flexibility index (Phi) is 8.63. The molecule has 14 nitrogen and oxygen atoms in total. The van der Waals surface area contributed by atoms with Gasteiger partial charge in [-0.1, -0.05) is 11.6 Å². The first-order chi connectivity index (χ1) is 21.3. The number of carbonyl (C=O) groups excluding carboxylic acids is 1. The molecule has 0 amide bonds. The molecule has 45 heavy (non-hydrogen) atoms. The molecule has 0 saturated carbocycles. The summed E-state index contributed by atoms with van der Waals surface area (Å²) in [5, 5.41) is 9.02. The maximum atomic E-state index is 14.9. The zero-order valence-electron chi connectivity index (χ0n) is 24.2. The van der Waals surface area contributed by atoms with Gasteiger partial charge in [-0.25, -0.2) is 46.7 Å². The van der Waals surface area contributed by atoms with Crippen molar-refractivity contribution >= 4 is 34.3 Å². The topological polar surface area (TPSA) is 145 Å². The smallest absolute Gasteiger partial charge is 0.432 e. The summed E-state index contributed by atoms with van der Waals surface area (Å²) in [6.07, 6.45) is 1.31. The Labute approximate surface area is 256 Å². The Morgan fingerprint density at radius 3 is 2.33 bits per heavy atom. The van der Waals surface area contributed by atoms with E-state index in [1.807, 2.05) is 0 Å². The third-order valence-electron chi connectivity index (χ3n) is 6.32. The van der Waals surface area contributed by atoms with Gasteiger partial charge >= 0.3 is 17.5 Å². The van der Waals surface area contributed by atoms with Gasteiger partial charge in [0.1, 0.15) is 12.1 Å². The molecular weight excluding hydrogens is 623 g/mol. The van der Waals surface area contributed by atoms with Gasteiger partial charge in [-0.2, -0.15) is 10.2 Å². The SMILES string of the molecule is CC(C)OC(=O)OCn1c(=O)n(Cc2ncn(C)n2)c(=O)n(Cc2cc(F)c(F)cc2F)/c1=N\c1cc2cn(C)nc2cc1Cl. The molecule has 5 rings (SSSR count). The number of ether oxygens (including phenoxy) is 2. The van der Waals surface area contributed by atoms with Crippen LogP contribution >= 0.6 is 11.6 Å². The molecule has 0 fully saturated rings. The van der Waals surface area contributed by atoms with Crippen LogP contribution in [0.3, 0.4) is 0 Å². The van der Waals surface area contributed by atoms with Crippen LogP contribution in [0.15, 0.2) is 51.4 Å². The van der Waals surface area contributed by atoms with E-state index in [1.165, 1.54) is 27.8 Å². The van der Waals surface area contributed by atoms with Gasteiger partial charge in [-0.15, -0.1) is 0 Å². The molecule has 236 valence electrons. The van der Waals surface area contributed by atoms with E-state index in [0.717, 1.165) is 9.13 Å². The van der Waals surface area contributed by atoms with Gasteiger partial charge in [0.2, 0.25) is 5.62 Å². The van der Waals surface area contributed by atoms with Crippen molar-refractivity contribution in [2.75, 3.05) is 0 Å². The lowest BCUT2D eigenvalue weighted by Gasteiger charge is -2.17. The zero-order valence-corrected chi connectivity index (χ0v) is 25.0. The number of hydrogen-bond acceptors (Lipinski definition) is 9. The molecule has 0 spiro atoms. The molecular formula is C27H25ClF3N9O5. The second kappa shape index (κ2) is 12.4. The Morgan fingerprint density at radius 1 is 0.933 bits per heavy atom. The van der Waals surface area contributed by atoms with Crippen LogP contribution in [-0.4, -0.2) is 50.5 Å². The number of aryl methyl sites for hydroxylation is 2. The first-order valence-corrected chi connectivity index (χ1v) is 13.6. The summed E-state index contributed by atoms with van der Waals surface area (Å²) >= 11 is 6.50. The highest BCUT2D eigenvalue weighted by Gasteiger charge is 2.21. The van der Waals surface area contributed by atoms with Crippen molar-refractivity contribution in [3.8, 4) is 0 Å². The van der Waals surface area contributed by atoms with Crippen LogP contribution in [0.1, 0.15) is 25.2 Å². The number of rotatable bonds is 8. The van der Waals surface area contributed by atoms with Gasteiger partial charge in [0.25, 0.3) is 0 Å². The lowest BCUT2D eigenvalue weighted by molar-refractivity contribution is 0.0129. The van der Waals surface area contributed by atoms with E-state index in [1.54, 1.807) is 34.1 Å². The predicted molar refractivity (Wildman–Crippen MR) is 152 cm³/mol. The molecule has 0 aliphatic rings. The average Bonchev–Trinajstić information content (AvgIpc) is 3.54. The van der Waals surface area contributed by atoms with Crippen molar-refractivity contribution in [1.82, 2.24) is 38.2 Å². The van der Waals surface area contributed by atoms with E-state index in [0.29, 0.717) is 27.6 Å². The molecule has 3 heterocycles. The van der Waals surface area contributed by atoms with E-state index in [-0.39, 0.29) is 16.5 Å². The third kappa shape index (κ3) is 6.67. The van der Waals surface area contributed by atoms with Gasteiger partial charge in [-0.05, 0) is 32.0 Å². The molecule has 0 saturated heterocycles. The fraction of sp³-hybridized carbons (Fsp3) is 0.296. The second-order valence-corrected chi connectivity index (χ2v) is 10.5. The molecule has 0 aliphatic heterocycles. The van der Waals surface area contributed by atoms with Crippen molar-refractivity contribution in [2.24, 2.45) is 19.1 Å². The molecule has 0 unspecified atom stereocenters. The van der Waals surface area contributed by atoms with Crippen LogP contribution in [0.2, 0.25) is 5.02 Å². The largest absolute Gasteiger partial charge is 0.510 e. The summed E-state index contributed by atoms with van der Waals surface area (Å²) in [5.74, 6) is -3.93. The van der Waals surface area contributed by atoms with Gasteiger partial charge < -0.3 is 9.47 Å². The van der Waals surface area contributed by atoms with Crippen molar-refractivity contribution in [3.05, 3.63) is 97.2 Å². The van der Waals surface area contributed by atoms with Crippen LogP contribution in [0.25, 0.3) is 10.9 Å². The summed E-state index contributed by atoms with van der Waals surface area (Å²) in [6.45, 7) is 1.13. The maximum absolute atomic E-state index is 14.9. The van der Waals surface area contributed by atoms with Crippen LogP contribution in [0, 0.1) is 17.5 Å². The first-order valence-electron chi connectivity index (χ1n) is 13.2. The lowest BCUT2D eigenvalue weighted by Crippen LogP contribution is -2.55. The van der Waals surface area contributed by atoms with E-state index in [2.05, 4.69) is 20.2 Å². The number of carbonyl (C=O) groups is 1. The van der Waals surface area contributed by atoms with Crippen molar-refractivity contribution < 1.29 is 27.4 Å². The summed E-state index contributed by atoms with van der Waals surface area (Å²) in [6, 6.07) is 3.93. The number of fused-ring (bicyclic) bond motifs is 1. The minimum Gasteiger partial charge on any atom is -0.432 e. The Bertz CT molecular complexity index is 2130. The summed E-state index contributed by atoms with van der Waals surface area (Å²) < 4.78 is 58.2. The van der Waals surface area contributed by atoms with E-state index in [9.17, 15) is 27.6 Å². The van der Waals surface area contributed by atoms with Gasteiger partial charge in [0.15, 0.2) is 24.2 Å². The van der Waals surface area contributed by atoms with Gasteiger partial charge in [-0.3, -0.25) is 13.9 Å². The number of benzene rings is 2. The van der Waals surface area contributed by atoms with Crippen LogP contribution in [0.4, 0.5) is 23.7 Å². The molecule has 0 bridgehead atoms. The Morgan fingerprint density at radius 2 is 1.64 bits per heavy atom. The minimum absolute atomic E-state index is 0.0538. The third-order valence-corrected chi connectivity index (χ3v) is 6.62. The highest BCUT2D eigenvalue weighted by atomic mass is 35.5. The minimum atomic E-state index is -1.44. The summed E-state index contributed by atoms with van der Waals surface area (Å²) in [5.41, 5.74) is -2.42. The van der Waals surface area contributed by atoms with Crippen LogP contribution in [0.5, 0.6) is 0 Å². The highest BCUT2D eigenvalue weighted by Crippen LogP contribution is 2.29. The maximum Gasteiger partial charge on any atom is 0.510 e. The highest BCUT2D eigenvalue weighted by molar-refractivity contribution is 6.33. The Hall–Kier alpha value is -5.19. The van der Waals surface area contributed by atoms with Crippen molar-refractivity contribution in [3.63, 3.8) is 0 Å². The van der Waals surface area contributed by atoms with E-state index >= 15 is 0 Å². The van der Waals surface area contributed by atoms with E-state index in [4.69, 9.17) is 21.1 Å². The summed E-state index contributed by atoms with van der Waals surface area (Å²) in [7, 11) is 3.26. The molecule has 0 N–H and O–H groups in total. The van der Waals surface area contributed by atoms with Gasteiger partial charge in [0, 0.05) is 37.3 Å². The van der Waals surface area contributed by atoms with Crippen molar-refractivity contribution in [1.29, 1.82) is 0 Å². The number of aromatic nitrogens is 8. The van der Waals surface area contributed by atoms with Crippen LogP contribution < -0.4 is 17.0 Å². The zero-order chi connectivity index (χ0) is 32.6. The van der Waals surface area contributed by atoms with Gasteiger partial charge in [0.05, 0.1) is 35.4 Å². The average molecular weight is 648 g/mol. The first kappa shape index (κ1) is 31.2. The molecule has 0 atom stereocenters. The molecule has 5 aromatic rings. The second-order valence-electron chi connectivity index (χ2n) is 10.1.